The molecule has 3 saturated carbocycles. The number of nitrogens with zero attached hydrogens (tertiary/aromatic N) is 2. The zero-order valence-electron chi connectivity index (χ0n) is 22.0. The number of carbonyl (C=O) groups excluding carboxylic acids is 3. The lowest BCUT2D eigenvalue weighted by Crippen LogP contribution is -2.70. The Labute approximate surface area is 225 Å². The molecule has 0 aromatic carbocycles. The summed E-state index contributed by atoms with van der Waals surface area (Å²) in [5.41, 5.74) is -3.25. The van der Waals surface area contributed by atoms with Crippen LogP contribution in [0.15, 0.2) is 36.2 Å². The van der Waals surface area contributed by atoms with Gasteiger partial charge in [0.05, 0.1) is 30.0 Å². The van der Waals surface area contributed by atoms with E-state index in [4.69, 9.17) is 21.1 Å². The molecule has 4 aliphatic rings. The zero-order valence-corrected chi connectivity index (χ0v) is 22.8. The van der Waals surface area contributed by atoms with Crippen molar-refractivity contribution in [3.63, 3.8) is 0 Å². The van der Waals surface area contributed by atoms with Crippen molar-refractivity contribution in [3.8, 4) is 0 Å². The van der Waals surface area contributed by atoms with Gasteiger partial charge in [0.1, 0.15) is 6.17 Å². The predicted molar refractivity (Wildman–Crippen MR) is 135 cm³/mol. The maximum Gasteiger partial charge on any atom is 0.359 e. The number of methoxy groups -OCH3 is 1. The minimum atomic E-state index is -1.78. The van der Waals surface area contributed by atoms with Gasteiger partial charge in [0, 0.05) is 22.9 Å². The van der Waals surface area contributed by atoms with Crippen molar-refractivity contribution in [2.75, 3.05) is 7.11 Å². The Balaban J connectivity index is 1.62. The maximum absolute atomic E-state index is 15.8. The first-order valence-corrected chi connectivity index (χ1v) is 13.2. The number of hydrogen-bond donors (Lipinski definition) is 1. The molecule has 1 N–H and O–H groups in total. The standard InChI is InChI=1S/C28H32ClFN2O6/c1-14-8-17-18-10-20(30)19-9-16(33)6-7-25(19,3)27(18,29)22(34)11-26(17,4)28(14,24(36)37-5)38-23(35)21-13-31-15(2)12-32-21/h6-7,9,12-14,17-18,20,22,34H,8,10-11H2,1-5H3/t14-,17?,18?,20-,22-,25-,26-,27-,28-/m0/s1. The second-order valence-electron chi connectivity index (χ2n) is 11.7. The average molecular weight is 547 g/mol. The van der Waals surface area contributed by atoms with E-state index in [2.05, 4.69) is 9.97 Å². The number of ketones is 1. The summed E-state index contributed by atoms with van der Waals surface area (Å²) < 4.78 is 27.1. The van der Waals surface area contributed by atoms with Gasteiger partial charge in [-0.1, -0.05) is 26.8 Å². The Morgan fingerprint density at radius 2 is 1.89 bits per heavy atom. The smallest absolute Gasteiger partial charge is 0.359 e. The number of ether oxygens (including phenoxy) is 2. The zero-order chi connectivity index (χ0) is 27.8. The van der Waals surface area contributed by atoms with E-state index in [0.29, 0.717) is 12.1 Å². The van der Waals surface area contributed by atoms with Crippen molar-refractivity contribution in [1.82, 2.24) is 9.97 Å². The number of carbonyl (C=O) groups is 3. The highest BCUT2D eigenvalue weighted by Crippen LogP contribution is 2.72. The van der Waals surface area contributed by atoms with Gasteiger partial charge in [-0.3, -0.25) is 9.78 Å². The molecule has 5 rings (SSSR count). The maximum atomic E-state index is 15.8. The van der Waals surface area contributed by atoms with Crippen molar-refractivity contribution in [1.29, 1.82) is 0 Å². The van der Waals surface area contributed by atoms with Gasteiger partial charge in [-0.05, 0) is 55.7 Å². The number of aliphatic hydroxyl groups excluding tert-OH is 1. The normalized spacial score (nSPS) is 43.4. The fourth-order valence-electron chi connectivity index (χ4n) is 8.07. The van der Waals surface area contributed by atoms with E-state index in [0.717, 1.165) is 0 Å². The number of esters is 2. The molecule has 0 amide bonds. The van der Waals surface area contributed by atoms with E-state index < -0.39 is 63.3 Å². The summed E-state index contributed by atoms with van der Waals surface area (Å²) in [5.74, 6) is -3.45. The van der Waals surface area contributed by atoms with Crippen LogP contribution >= 0.6 is 11.6 Å². The minimum Gasteiger partial charge on any atom is -0.466 e. The fourth-order valence-corrected chi connectivity index (χ4v) is 8.56. The monoisotopic (exact) mass is 546 g/mol. The second-order valence-corrected chi connectivity index (χ2v) is 12.3. The van der Waals surface area contributed by atoms with E-state index in [1.807, 2.05) is 0 Å². The number of aliphatic hydroxyl groups is 1. The molecule has 38 heavy (non-hydrogen) atoms. The summed E-state index contributed by atoms with van der Waals surface area (Å²) in [6.07, 6.45) is 4.61. The highest BCUT2D eigenvalue weighted by Gasteiger charge is 2.78. The van der Waals surface area contributed by atoms with E-state index >= 15 is 4.39 Å². The van der Waals surface area contributed by atoms with Crippen LogP contribution in [0.2, 0.25) is 0 Å². The van der Waals surface area contributed by atoms with Crippen LogP contribution < -0.4 is 0 Å². The Bertz CT molecular complexity index is 1270. The number of alkyl halides is 2. The molecule has 1 aromatic rings. The molecule has 3 fully saturated rings. The van der Waals surface area contributed by atoms with Crippen molar-refractivity contribution in [2.45, 2.75) is 69.7 Å². The number of hydrogen-bond acceptors (Lipinski definition) is 8. The van der Waals surface area contributed by atoms with E-state index in [1.54, 1.807) is 33.8 Å². The topological polar surface area (TPSA) is 116 Å². The molecule has 0 bridgehead atoms. The summed E-state index contributed by atoms with van der Waals surface area (Å²) in [4.78, 5) is 45.9. The average Bonchev–Trinajstić information content (AvgIpc) is 3.09. The van der Waals surface area contributed by atoms with Crippen LogP contribution in [0.25, 0.3) is 0 Å². The molecule has 4 aliphatic carbocycles. The summed E-state index contributed by atoms with van der Waals surface area (Å²) in [5, 5.41) is 11.8. The Kier molecular flexibility index (Phi) is 6.15. The van der Waals surface area contributed by atoms with Crippen LogP contribution in [-0.4, -0.2) is 62.7 Å². The van der Waals surface area contributed by atoms with Crippen LogP contribution in [0, 0.1) is 35.5 Å². The first kappa shape index (κ1) is 26.9. The Morgan fingerprint density at radius 3 is 2.53 bits per heavy atom. The number of allylic oxidation sites excluding steroid dienone is 4. The van der Waals surface area contributed by atoms with E-state index in [-0.39, 0.29) is 29.9 Å². The lowest BCUT2D eigenvalue weighted by Gasteiger charge is -2.64. The lowest BCUT2D eigenvalue weighted by molar-refractivity contribution is -0.199. The molecule has 2 unspecified atom stereocenters. The molecule has 1 aromatic heterocycles. The van der Waals surface area contributed by atoms with Gasteiger partial charge in [0.15, 0.2) is 11.5 Å². The summed E-state index contributed by atoms with van der Waals surface area (Å²) in [7, 11) is 1.22. The summed E-state index contributed by atoms with van der Waals surface area (Å²) in [6.45, 7) is 7.05. The molecular formula is C28H32ClFN2O6. The molecular weight excluding hydrogens is 515 g/mol. The first-order valence-electron chi connectivity index (χ1n) is 12.8. The third-order valence-corrected chi connectivity index (χ3v) is 10.8. The molecule has 204 valence electrons. The van der Waals surface area contributed by atoms with Gasteiger partial charge >= 0.3 is 11.9 Å². The van der Waals surface area contributed by atoms with Crippen LogP contribution in [0.1, 0.15) is 56.2 Å². The van der Waals surface area contributed by atoms with Crippen LogP contribution in [-0.2, 0) is 19.1 Å². The molecule has 0 spiro atoms. The van der Waals surface area contributed by atoms with Gasteiger partial charge in [0.25, 0.3) is 0 Å². The van der Waals surface area contributed by atoms with Gasteiger partial charge in [0.2, 0.25) is 5.60 Å². The molecule has 9 atom stereocenters. The van der Waals surface area contributed by atoms with Crippen LogP contribution in [0.4, 0.5) is 4.39 Å². The first-order chi connectivity index (χ1) is 17.8. The van der Waals surface area contributed by atoms with E-state index in [9.17, 15) is 19.5 Å². The van der Waals surface area contributed by atoms with Gasteiger partial charge in [-0.25, -0.2) is 19.0 Å². The number of fused-ring (bicyclic) bond motifs is 5. The highest BCUT2D eigenvalue weighted by atomic mass is 35.5. The molecule has 0 aliphatic heterocycles. The van der Waals surface area contributed by atoms with Crippen molar-refractivity contribution in [2.24, 2.45) is 28.6 Å². The highest BCUT2D eigenvalue weighted by molar-refractivity contribution is 6.26. The summed E-state index contributed by atoms with van der Waals surface area (Å²) >= 11 is 7.39. The number of aryl methyl sites for hydroxylation is 1. The SMILES string of the molecule is COC(=O)[C@@]1(OC(=O)c2cnc(C)cn2)[C@@H](C)CC2C3C[C@H](F)C4=CC(=O)C=C[C@]4(C)[C@@]3(Cl)[C@@H](O)C[C@@]21C. The summed E-state index contributed by atoms with van der Waals surface area (Å²) in [6, 6.07) is 0. The largest absolute Gasteiger partial charge is 0.466 e. The number of rotatable bonds is 3. The third kappa shape index (κ3) is 3.27. The van der Waals surface area contributed by atoms with Gasteiger partial charge in [-0.2, -0.15) is 0 Å². The predicted octanol–water partition coefficient (Wildman–Crippen LogP) is 3.69. The van der Waals surface area contributed by atoms with Gasteiger partial charge < -0.3 is 14.6 Å². The molecule has 0 radical (unpaired) electrons. The number of halogens is 2. The van der Waals surface area contributed by atoms with E-state index in [1.165, 1.54) is 31.7 Å². The van der Waals surface area contributed by atoms with Crippen molar-refractivity contribution in [3.05, 3.63) is 47.6 Å². The minimum absolute atomic E-state index is 0.00836. The lowest BCUT2D eigenvalue weighted by atomic mass is 9.45. The molecule has 8 nitrogen and oxygen atoms in total. The molecule has 10 heteroatoms. The third-order valence-electron chi connectivity index (χ3n) is 9.90. The second kappa shape index (κ2) is 8.68. The number of aromatic nitrogens is 2. The Morgan fingerprint density at radius 1 is 1.18 bits per heavy atom. The molecule has 1 heterocycles. The van der Waals surface area contributed by atoms with Crippen LogP contribution in [0.3, 0.4) is 0 Å². The fraction of sp³-hybridized carbons (Fsp3) is 0.607. The Hall–Kier alpha value is -2.65. The van der Waals surface area contributed by atoms with Gasteiger partial charge in [-0.15, -0.1) is 11.6 Å². The quantitative estimate of drug-likeness (QED) is 0.451. The molecule has 0 saturated heterocycles. The van der Waals surface area contributed by atoms with Crippen molar-refractivity contribution < 1.29 is 33.4 Å². The van der Waals surface area contributed by atoms with Crippen LogP contribution in [0.5, 0.6) is 0 Å². The van der Waals surface area contributed by atoms with Crippen molar-refractivity contribution >= 4 is 29.3 Å².